The molecular formula is C21H31N4O3S+. The van der Waals surface area contributed by atoms with Crippen molar-refractivity contribution < 1.29 is 18.1 Å². The first-order valence-corrected chi connectivity index (χ1v) is 10.9. The Balaban J connectivity index is 2.18. The quantitative estimate of drug-likeness (QED) is 0.669. The van der Waals surface area contributed by atoms with Gasteiger partial charge in [-0.3, -0.25) is 4.79 Å². The molecule has 0 bridgehead atoms. The molecule has 158 valence electrons. The molecule has 2 N–H and O–H groups in total. The maximum Gasteiger partial charge on any atom is 0.279 e. The van der Waals surface area contributed by atoms with E-state index in [1.54, 1.807) is 12.1 Å². The first-order chi connectivity index (χ1) is 13.5. The average Bonchev–Trinajstić information content (AvgIpc) is 2.63. The number of nitrogens with one attached hydrogen (secondary N) is 2. The first kappa shape index (κ1) is 22.9. The Morgan fingerprint density at radius 3 is 2.31 bits per heavy atom. The van der Waals surface area contributed by atoms with Crippen molar-refractivity contribution in [3.05, 3.63) is 53.6 Å². The fourth-order valence-electron chi connectivity index (χ4n) is 3.04. The molecule has 1 unspecified atom stereocenters. The fourth-order valence-corrected chi connectivity index (χ4v) is 3.97. The third-order valence-electron chi connectivity index (χ3n) is 4.72. The Morgan fingerprint density at radius 1 is 1.07 bits per heavy atom. The van der Waals surface area contributed by atoms with Gasteiger partial charge in [0, 0.05) is 33.8 Å². The van der Waals surface area contributed by atoms with E-state index < -0.39 is 10.0 Å². The molecule has 2 aromatic carbocycles. The van der Waals surface area contributed by atoms with Gasteiger partial charge in [0.15, 0.2) is 6.54 Å². The molecule has 0 spiro atoms. The summed E-state index contributed by atoms with van der Waals surface area (Å²) in [4.78, 5) is 15.7. The number of hydrogen-bond donors (Lipinski definition) is 2. The highest BCUT2D eigenvalue weighted by Gasteiger charge is 2.21. The monoisotopic (exact) mass is 419 g/mol. The lowest BCUT2D eigenvalue weighted by atomic mass is 10.1. The fraction of sp³-hybridized carbons (Fsp3) is 0.381. The van der Waals surface area contributed by atoms with E-state index in [1.807, 2.05) is 38.2 Å². The van der Waals surface area contributed by atoms with Crippen molar-refractivity contribution in [2.45, 2.75) is 18.4 Å². The molecule has 0 heterocycles. The number of carbonyl (C=O) groups excluding carboxylic acids is 1. The molecule has 7 nitrogen and oxygen atoms in total. The van der Waals surface area contributed by atoms with E-state index in [4.69, 9.17) is 0 Å². The molecule has 29 heavy (non-hydrogen) atoms. The largest absolute Gasteiger partial charge is 0.376 e. The molecule has 0 aliphatic heterocycles. The SMILES string of the molecule is Cc1ccccc1C[NH+](C)CC(=O)Nc1cc(S(=O)(=O)N(C)C)ccc1N(C)C. The summed E-state index contributed by atoms with van der Waals surface area (Å²) >= 11 is 0. The van der Waals surface area contributed by atoms with Crippen LogP contribution in [0.2, 0.25) is 0 Å². The van der Waals surface area contributed by atoms with Crippen molar-refractivity contribution in [3.63, 3.8) is 0 Å². The first-order valence-electron chi connectivity index (χ1n) is 9.42. The van der Waals surface area contributed by atoms with Crippen molar-refractivity contribution in [2.24, 2.45) is 0 Å². The second kappa shape index (κ2) is 9.39. The standard InChI is InChI=1S/C21H30N4O3S/c1-16-9-7-8-10-17(16)14-25(6)15-21(26)22-19-13-18(29(27,28)24(4)5)11-12-20(19)23(2)3/h7-13H,14-15H2,1-6H3,(H,22,26)/p+1. The Kier molecular flexibility index (Phi) is 7.40. The van der Waals surface area contributed by atoms with Crippen molar-refractivity contribution in [2.75, 3.05) is 52.0 Å². The van der Waals surface area contributed by atoms with Gasteiger partial charge in [0.2, 0.25) is 10.0 Å². The number of quaternary nitrogens is 1. The highest BCUT2D eigenvalue weighted by Crippen LogP contribution is 2.28. The van der Waals surface area contributed by atoms with Crippen molar-refractivity contribution in [1.82, 2.24) is 4.31 Å². The summed E-state index contributed by atoms with van der Waals surface area (Å²) < 4.78 is 26.1. The molecule has 0 aliphatic carbocycles. The summed E-state index contributed by atoms with van der Waals surface area (Å²) in [5.74, 6) is -0.168. The van der Waals surface area contributed by atoms with E-state index in [9.17, 15) is 13.2 Å². The Morgan fingerprint density at radius 2 is 1.72 bits per heavy atom. The molecule has 2 aromatic rings. The molecule has 0 saturated heterocycles. The van der Waals surface area contributed by atoms with E-state index in [0.717, 1.165) is 21.4 Å². The summed E-state index contributed by atoms with van der Waals surface area (Å²) in [6.45, 7) is 3.06. The third kappa shape index (κ3) is 5.79. The Labute approximate surface area is 174 Å². The van der Waals surface area contributed by atoms with Gasteiger partial charge in [0.25, 0.3) is 5.91 Å². The lowest BCUT2D eigenvalue weighted by Crippen LogP contribution is -3.08. The highest BCUT2D eigenvalue weighted by atomic mass is 32.2. The minimum atomic E-state index is -3.59. The molecule has 8 heteroatoms. The minimum absolute atomic E-state index is 0.143. The van der Waals surface area contributed by atoms with Gasteiger partial charge >= 0.3 is 0 Å². The predicted molar refractivity (Wildman–Crippen MR) is 117 cm³/mol. The van der Waals surface area contributed by atoms with Crippen molar-refractivity contribution in [3.8, 4) is 0 Å². The van der Waals surface area contributed by atoms with Crippen LogP contribution in [0, 0.1) is 6.92 Å². The van der Waals surface area contributed by atoms with Crippen LogP contribution in [-0.4, -0.2) is 60.4 Å². The zero-order chi connectivity index (χ0) is 21.8. The van der Waals surface area contributed by atoms with Crippen LogP contribution in [0.4, 0.5) is 11.4 Å². The van der Waals surface area contributed by atoms with Gasteiger partial charge in [-0.1, -0.05) is 24.3 Å². The van der Waals surface area contributed by atoms with Gasteiger partial charge < -0.3 is 15.1 Å². The number of hydrogen-bond acceptors (Lipinski definition) is 4. The van der Waals surface area contributed by atoms with Crippen molar-refractivity contribution >= 4 is 27.3 Å². The molecule has 0 saturated carbocycles. The minimum Gasteiger partial charge on any atom is -0.376 e. The number of nitrogens with zero attached hydrogens (tertiary/aromatic N) is 2. The van der Waals surface area contributed by atoms with Crippen LogP contribution in [0.1, 0.15) is 11.1 Å². The maximum absolute atomic E-state index is 12.7. The molecule has 2 rings (SSSR count). The maximum atomic E-state index is 12.7. The second-order valence-electron chi connectivity index (χ2n) is 7.65. The summed E-state index contributed by atoms with van der Waals surface area (Å²) in [6, 6.07) is 12.9. The lowest BCUT2D eigenvalue weighted by Gasteiger charge is -2.21. The lowest BCUT2D eigenvalue weighted by molar-refractivity contribution is -0.885. The third-order valence-corrected chi connectivity index (χ3v) is 6.53. The van der Waals surface area contributed by atoms with Gasteiger partial charge in [-0.05, 0) is 30.7 Å². The number of likely N-dealkylation sites (N-methyl/N-ethyl adjacent to an activating group) is 1. The van der Waals surface area contributed by atoms with Gasteiger partial charge in [0.05, 0.1) is 23.3 Å². The van der Waals surface area contributed by atoms with Crippen LogP contribution in [0.15, 0.2) is 47.4 Å². The van der Waals surface area contributed by atoms with Crippen LogP contribution in [0.5, 0.6) is 0 Å². The van der Waals surface area contributed by atoms with Crippen LogP contribution in [0.25, 0.3) is 0 Å². The van der Waals surface area contributed by atoms with Crippen LogP contribution >= 0.6 is 0 Å². The summed E-state index contributed by atoms with van der Waals surface area (Å²) in [5.41, 5.74) is 3.62. The zero-order valence-corrected chi connectivity index (χ0v) is 18.8. The Bertz CT molecular complexity index is 972. The van der Waals surface area contributed by atoms with E-state index in [-0.39, 0.29) is 17.3 Å². The van der Waals surface area contributed by atoms with Gasteiger partial charge in [0.1, 0.15) is 6.54 Å². The topological polar surface area (TPSA) is 74.2 Å². The van der Waals surface area contributed by atoms with Crippen LogP contribution in [-0.2, 0) is 21.4 Å². The molecule has 0 aromatic heterocycles. The molecule has 1 amide bonds. The van der Waals surface area contributed by atoms with Crippen LogP contribution < -0.4 is 15.1 Å². The molecule has 0 fully saturated rings. The van der Waals surface area contributed by atoms with E-state index in [2.05, 4.69) is 24.4 Å². The molecule has 0 aliphatic rings. The number of aryl methyl sites for hydroxylation is 1. The zero-order valence-electron chi connectivity index (χ0n) is 18.0. The number of sulfonamides is 1. The van der Waals surface area contributed by atoms with Gasteiger partial charge in [-0.25, -0.2) is 12.7 Å². The summed E-state index contributed by atoms with van der Waals surface area (Å²) in [5, 5.41) is 2.89. The number of amides is 1. The molecule has 1 atom stereocenters. The van der Waals surface area contributed by atoms with E-state index in [0.29, 0.717) is 5.69 Å². The number of anilines is 2. The van der Waals surface area contributed by atoms with Crippen molar-refractivity contribution in [1.29, 1.82) is 0 Å². The normalized spacial score (nSPS) is 12.7. The number of carbonyl (C=O) groups is 1. The van der Waals surface area contributed by atoms with Crippen LogP contribution in [0.3, 0.4) is 0 Å². The number of benzene rings is 2. The average molecular weight is 420 g/mol. The van der Waals surface area contributed by atoms with Gasteiger partial charge in [-0.2, -0.15) is 0 Å². The highest BCUT2D eigenvalue weighted by molar-refractivity contribution is 7.89. The molecular weight excluding hydrogens is 388 g/mol. The van der Waals surface area contributed by atoms with E-state index in [1.165, 1.54) is 31.3 Å². The smallest absolute Gasteiger partial charge is 0.279 e. The second-order valence-corrected chi connectivity index (χ2v) is 9.80. The molecule has 0 radical (unpaired) electrons. The number of rotatable bonds is 8. The van der Waals surface area contributed by atoms with Gasteiger partial charge in [-0.15, -0.1) is 0 Å². The summed E-state index contributed by atoms with van der Waals surface area (Å²) in [6.07, 6.45) is 0. The summed E-state index contributed by atoms with van der Waals surface area (Å²) in [7, 11) is 5.04. The Hall–Kier alpha value is -2.42. The predicted octanol–water partition coefficient (Wildman–Crippen LogP) is 0.965. The van der Waals surface area contributed by atoms with E-state index >= 15 is 0 Å².